The molecular formula is C21H32N2O3. The molecule has 3 atom stereocenters. The molecular weight excluding hydrogens is 328 g/mol. The number of fused-ring (bicyclic) bond motifs is 2. The molecule has 0 aromatic heterocycles. The molecule has 5 nitrogen and oxygen atoms in total. The first kappa shape index (κ1) is 18.0. The Bertz CT molecular complexity index is 623. The summed E-state index contributed by atoms with van der Waals surface area (Å²) in [6.45, 7) is 12.8. The second-order valence-electron chi connectivity index (χ2n) is 9.25. The number of likely N-dealkylation sites (tertiary alicyclic amines) is 1. The topological polar surface area (TPSA) is 49.9 Å². The van der Waals surface area contributed by atoms with Gasteiger partial charge < -0.3 is 14.5 Å². The quantitative estimate of drug-likeness (QED) is 0.711. The zero-order valence-electron chi connectivity index (χ0n) is 16.3. The Morgan fingerprint density at radius 1 is 1.12 bits per heavy atom. The van der Waals surface area contributed by atoms with Crippen molar-refractivity contribution in [2.45, 2.75) is 46.0 Å². The first-order valence-electron chi connectivity index (χ1n) is 10.2. The molecule has 0 N–H and O–H groups in total. The van der Waals surface area contributed by atoms with Crippen LogP contribution in [-0.4, -0.2) is 61.0 Å². The zero-order valence-corrected chi connectivity index (χ0v) is 16.3. The van der Waals surface area contributed by atoms with E-state index in [2.05, 4.69) is 20.4 Å². The van der Waals surface area contributed by atoms with Crippen LogP contribution in [0.4, 0.5) is 0 Å². The minimum absolute atomic E-state index is 0.0536. The van der Waals surface area contributed by atoms with Gasteiger partial charge in [0, 0.05) is 26.2 Å². The van der Waals surface area contributed by atoms with Crippen LogP contribution in [0, 0.1) is 22.7 Å². The Morgan fingerprint density at radius 3 is 2.50 bits per heavy atom. The van der Waals surface area contributed by atoms with Crippen molar-refractivity contribution in [1.82, 2.24) is 9.80 Å². The van der Waals surface area contributed by atoms with E-state index in [0.29, 0.717) is 38.8 Å². The minimum Gasteiger partial charge on any atom is -0.378 e. The number of amides is 2. The third-order valence-corrected chi connectivity index (χ3v) is 7.68. The molecule has 0 aromatic carbocycles. The Hall–Kier alpha value is -1.36. The number of hydrogen-bond acceptors (Lipinski definition) is 3. The van der Waals surface area contributed by atoms with Crippen molar-refractivity contribution in [3.63, 3.8) is 0 Å². The average molecular weight is 360 g/mol. The Labute approximate surface area is 156 Å². The molecule has 0 radical (unpaired) electrons. The first-order chi connectivity index (χ1) is 12.4. The fourth-order valence-electron chi connectivity index (χ4n) is 5.83. The van der Waals surface area contributed by atoms with Crippen LogP contribution in [0.3, 0.4) is 0 Å². The van der Waals surface area contributed by atoms with Gasteiger partial charge in [-0.3, -0.25) is 9.59 Å². The first-order valence-corrected chi connectivity index (χ1v) is 10.2. The van der Waals surface area contributed by atoms with Crippen LogP contribution in [-0.2, 0) is 14.3 Å². The van der Waals surface area contributed by atoms with Crippen molar-refractivity contribution < 1.29 is 14.3 Å². The van der Waals surface area contributed by atoms with Gasteiger partial charge in [0.2, 0.25) is 11.8 Å². The molecule has 2 aliphatic carbocycles. The molecule has 2 saturated carbocycles. The van der Waals surface area contributed by atoms with Gasteiger partial charge >= 0.3 is 0 Å². The molecule has 4 fully saturated rings. The molecule has 2 bridgehead atoms. The second-order valence-corrected chi connectivity index (χ2v) is 9.25. The lowest BCUT2D eigenvalue weighted by Crippen LogP contribution is -2.52. The third kappa shape index (κ3) is 2.62. The van der Waals surface area contributed by atoms with Gasteiger partial charge in [-0.2, -0.15) is 0 Å². The highest BCUT2D eigenvalue weighted by atomic mass is 16.5. The standard InChI is InChI=1S/C21H32N2O3/c1-15-20(2,3)17-6-7-21(15,13-17)19(25)23-8-4-5-16(14-23)18(24)22-9-11-26-12-10-22/h16-17H,1,4-14H2,2-3H3/t16-,17+,21-/m0/s1. The molecule has 0 aromatic rings. The third-order valence-electron chi connectivity index (χ3n) is 7.68. The van der Waals surface area contributed by atoms with Crippen LogP contribution in [0.1, 0.15) is 46.0 Å². The summed E-state index contributed by atoms with van der Waals surface area (Å²) in [5.74, 6) is 0.977. The predicted molar refractivity (Wildman–Crippen MR) is 99.4 cm³/mol. The number of ether oxygens (including phenoxy) is 1. The highest BCUT2D eigenvalue weighted by Crippen LogP contribution is 2.66. The molecule has 2 saturated heterocycles. The molecule has 5 heteroatoms. The number of rotatable bonds is 2. The van der Waals surface area contributed by atoms with E-state index >= 15 is 0 Å². The zero-order chi connectivity index (χ0) is 18.5. The molecule has 0 unspecified atom stereocenters. The Balaban J connectivity index is 1.47. The fourth-order valence-corrected chi connectivity index (χ4v) is 5.83. The van der Waals surface area contributed by atoms with Gasteiger partial charge in [0.15, 0.2) is 0 Å². The highest BCUT2D eigenvalue weighted by Gasteiger charge is 2.61. The van der Waals surface area contributed by atoms with Crippen LogP contribution in [0.15, 0.2) is 12.2 Å². The molecule has 0 spiro atoms. The SMILES string of the molecule is C=C1C(C)(C)[C@@H]2CC[C@]1(C(=O)N1CCC[C@H](C(=O)N3CCOCC3)C1)C2. The smallest absolute Gasteiger partial charge is 0.232 e. The van der Waals surface area contributed by atoms with Crippen LogP contribution < -0.4 is 0 Å². The summed E-state index contributed by atoms with van der Waals surface area (Å²) in [5, 5.41) is 0. The molecule has 2 amide bonds. The number of carbonyl (C=O) groups excluding carboxylic acids is 2. The second kappa shape index (κ2) is 6.36. The summed E-state index contributed by atoms with van der Waals surface area (Å²) in [5.41, 5.74) is 0.831. The molecule has 144 valence electrons. The number of carbonyl (C=O) groups is 2. The Morgan fingerprint density at radius 2 is 1.85 bits per heavy atom. The van der Waals surface area contributed by atoms with Gasteiger partial charge in [-0.15, -0.1) is 0 Å². The lowest BCUT2D eigenvalue weighted by molar-refractivity contribution is -0.147. The highest BCUT2D eigenvalue weighted by molar-refractivity contribution is 5.88. The van der Waals surface area contributed by atoms with E-state index < -0.39 is 0 Å². The maximum atomic E-state index is 13.5. The summed E-state index contributed by atoms with van der Waals surface area (Å²) in [7, 11) is 0. The van der Waals surface area contributed by atoms with Crippen molar-refractivity contribution in [3.05, 3.63) is 12.2 Å². The van der Waals surface area contributed by atoms with Crippen molar-refractivity contribution >= 4 is 11.8 Å². The predicted octanol–water partition coefficient (Wildman–Crippen LogP) is 2.47. The van der Waals surface area contributed by atoms with Crippen molar-refractivity contribution in [3.8, 4) is 0 Å². The Kier molecular flexibility index (Phi) is 4.41. The normalized spacial score (nSPS) is 36.5. The molecule has 4 aliphatic rings. The number of morpholine rings is 1. The molecule has 2 heterocycles. The summed E-state index contributed by atoms with van der Waals surface area (Å²) in [4.78, 5) is 30.3. The van der Waals surface area contributed by atoms with E-state index in [-0.39, 0.29) is 28.6 Å². The van der Waals surface area contributed by atoms with Crippen LogP contribution >= 0.6 is 0 Å². The minimum atomic E-state index is -0.363. The fraction of sp³-hybridized carbons (Fsp3) is 0.810. The molecule has 4 rings (SSSR count). The van der Waals surface area contributed by atoms with Crippen LogP contribution in [0.5, 0.6) is 0 Å². The van der Waals surface area contributed by atoms with Crippen LogP contribution in [0.25, 0.3) is 0 Å². The maximum absolute atomic E-state index is 13.5. The van der Waals surface area contributed by atoms with E-state index in [4.69, 9.17) is 4.74 Å². The number of nitrogens with zero attached hydrogens (tertiary/aromatic N) is 2. The van der Waals surface area contributed by atoms with Crippen molar-refractivity contribution in [2.24, 2.45) is 22.7 Å². The summed E-state index contributed by atoms with van der Waals surface area (Å²) < 4.78 is 5.36. The molecule has 2 aliphatic heterocycles. The maximum Gasteiger partial charge on any atom is 0.232 e. The van der Waals surface area contributed by atoms with E-state index in [1.54, 1.807) is 0 Å². The lowest BCUT2D eigenvalue weighted by atomic mass is 9.68. The van der Waals surface area contributed by atoms with Crippen molar-refractivity contribution in [1.29, 1.82) is 0 Å². The van der Waals surface area contributed by atoms with E-state index in [9.17, 15) is 9.59 Å². The summed E-state index contributed by atoms with van der Waals surface area (Å²) in [6.07, 6.45) is 4.83. The average Bonchev–Trinajstić information content (AvgIpc) is 3.20. The number of piperidine rings is 1. The summed E-state index contributed by atoms with van der Waals surface area (Å²) in [6, 6.07) is 0. The van der Waals surface area contributed by atoms with E-state index in [0.717, 1.165) is 44.2 Å². The van der Waals surface area contributed by atoms with Gasteiger partial charge in [-0.1, -0.05) is 26.0 Å². The monoisotopic (exact) mass is 360 g/mol. The largest absolute Gasteiger partial charge is 0.378 e. The summed E-state index contributed by atoms with van der Waals surface area (Å²) >= 11 is 0. The van der Waals surface area contributed by atoms with Gasteiger partial charge in [-0.05, 0) is 43.4 Å². The molecule has 26 heavy (non-hydrogen) atoms. The van der Waals surface area contributed by atoms with Crippen LogP contribution in [0.2, 0.25) is 0 Å². The van der Waals surface area contributed by atoms with Gasteiger partial charge in [0.25, 0.3) is 0 Å². The van der Waals surface area contributed by atoms with E-state index in [1.807, 2.05) is 9.80 Å². The number of hydrogen-bond donors (Lipinski definition) is 0. The van der Waals surface area contributed by atoms with Gasteiger partial charge in [0.05, 0.1) is 24.5 Å². The lowest BCUT2D eigenvalue weighted by Gasteiger charge is -2.42. The van der Waals surface area contributed by atoms with Gasteiger partial charge in [-0.25, -0.2) is 0 Å². The van der Waals surface area contributed by atoms with Crippen molar-refractivity contribution in [2.75, 3.05) is 39.4 Å². The van der Waals surface area contributed by atoms with E-state index in [1.165, 1.54) is 0 Å². The van der Waals surface area contributed by atoms with Gasteiger partial charge in [0.1, 0.15) is 0 Å².